The minimum Gasteiger partial charge on any atom is -0.390 e. The molecule has 2 rings (SSSR count). The third-order valence-electron chi connectivity index (χ3n) is 5.01. The van der Waals surface area contributed by atoms with Crippen molar-refractivity contribution in [3.8, 4) is 0 Å². The van der Waals surface area contributed by atoms with E-state index in [0.29, 0.717) is 0 Å². The molecule has 0 aliphatic heterocycles. The first-order chi connectivity index (χ1) is 12.3. The predicted octanol–water partition coefficient (Wildman–Crippen LogP) is -1.54. The van der Waals surface area contributed by atoms with Crippen molar-refractivity contribution in [2.45, 2.75) is 63.6 Å². The number of rotatable bonds is 7. The summed E-state index contributed by atoms with van der Waals surface area (Å²) in [5.74, 6) is 0. The van der Waals surface area contributed by atoms with Crippen LogP contribution < -0.4 is 11.2 Å². The van der Waals surface area contributed by atoms with Crippen LogP contribution in [0, 0.1) is 0 Å². The average Bonchev–Trinajstić information content (AvgIpc) is 2.95. The van der Waals surface area contributed by atoms with Crippen LogP contribution in [0.2, 0.25) is 0 Å². The highest BCUT2D eigenvalue weighted by Gasteiger charge is 2.34. The summed E-state index contributed by atoms with van der Waals surface area (Å²) in [6.07, 6.45) is -1.13. The molecule has 0 aromatic carbocycles. The summed E-state index contributed by atoms with van der Waals surface area (Å²) in [6.45, 7) is 3.81. The lowest BCUT2D eigenvalue weighted by molar-refractivity contribution is -0.0973. The van der Waals surface area contributed by atoms with Gasteiger partial charge >= 0.3 is 5.69 Å². The molecule has 152 valence electrons. The van der Waals surface area contributed by atoms with Crippen LogP contribution in [0.4, 0.5) is 0 Å². The Morgan fingerprint density at radius 2 is 1.70 bits per heavy atom. The molecule has 2 aromatic heterocycles. The molecule has 0 spiro atoms. The lowest BCUT2D eigenvalue weighted by Gasteiger charge is -2.32. The zero-order valence-corrected chi connectivity index (χ0v) is 16.2. The number of nitrogens with zero attached hydrogens (tertiary/aromatic N) is 4. The van der Waals surface area contributed by atoms with Gasteiger partial charge in [0.25, 0.3) is 5.56 Å². The number of imidazole rings is 1. The van der Waals surface area contributed by atoms with Crippen molar-refractivity contribution in [1.82, 2.24) is 18.7 Å². The van der Waals surface area contributed by atoms with Gasteiger partial charge in [-0.1, -0.05) is 0 Å². The van der Waals surface area contributed by atoms with Gasteiger partial charge in [-0.15, -0.1) is 0 Å². The zero-order chi connectivity index (χ0) is 20.7. The molecule has 0 amide bonds. The minimum absolute atomic E-state index is 0.0290. The molecule has 2 aromatic rings. The Morgan fingerprint density at radius 3 is 2.26 bits per heavy atom. The second-order valence-electron chi connectivity index (χ2n) is 7.87. The van der Waals surface area contributed by atoms with Crippen LogP contribution >= 0.6 is 0 Å². The van der Waals surface area contributed by atoms with E-state index < -0.39 is 41.2 Å². The van der Waals surface area contributed by atoms with Gasteiger partial charge in [-0.25, -0.2) is 9.78 Å². The van der Waals surface area contributed by atoms with Gasteiger partial charge in [-0.05, 0) is 33.6 Å². The summed E-state index contributed by atoms with van der Waals surface area (Å²) >= 11 is 0. The second kappa shape index (κ2) is 7.19. The fourth-order valence-electron chi connectivity index (χ4n) is 2.88. The summed E-state index contributed by atoms with van der Waals surface area (Å²) in [5.41, 5.74) is -3.85. The van der Waals surface area contributed by atoms with E-state index in [1.807, 2.05) is 0 Å². The highest BCUT2D eigenvalue weighted by Crippen LogP contribution is 2.23. The predicted molar refractivity (Wildman–Crippen MR) is 98.4 cm³/mol. The normalized spacial score (nSPS) is 17.1. The molecule has 3 atom stereocenters. The molecule has 0 aliphatic carbocycles. The Labute approximate surface area is 155 Å². The lowest BCUT2D eigenvalue weighted by atomic mass is 9.88. The van der Waals surface area contributed by atoms with Crippen LogP contribution in [0.15, 0.2) is 15.9 Å². The Hall–Kier alpha value is -2.01. The number of hydrogen-bond donors (Lipinski definition) is 4. The lowest BCUT2D eigenvalue weighted by Crippen LogP contribution is -2.49. The monoisotopic (exact) mass is 384 g/mol. The number of aliphatic hydroxyl groups excluding tert-OH is 2. The maximum atomic E-state index is 12.7. The van der Waals surface area contributed by atoms with E-state index in [0.717, 1.165) is 4.57 Å². The zero-order valence-electron chi connectivity index (χ0n) is 16.2. The fraction of sp³-hybridized carbons (Fsp3) is 0.706. The summed E-state index contributed by atoms with van der Waals surface area (Å²) in [5, 5.41) is 40.7. The van der Waals surface area contributed by atoms with E-state index in [4.69, 9.17) is 0 Å². The van der Waals surface area contributed by atoms with E-state index in [1.165, 1.54) is 43.3 Å². The Kier molecular flexibility index (Phi) is 5.67. The molecule has 2 heterocycles. The van der Waals surface area contributed by atoms with E-state index >= 15 is 0 Å². The third-order valence-corrected chi connectivity index (χ3v) is 5.01. The van der Waals surface area contributed by atoms with E-state index in [-0.39, 0.29) is 24.0 Å². The van der Waals surface area contributed by atoms with Gasteiger partial charge in [-0.3, -0.25) is 13.9 Å². The van der Waals surface area contributed by atoms with Crippen LogP contribution in [0.5, 0.6) is 0 Å². The van der Waals surface area contributed by atoms with E-state index in [1.54, 1.807) is 7.05 Å². The van der Waals surface area contributed by atoms with Gasteiger partial charge in [0.15, 0.2) is 11.2 Å². The Balaban J connectivity index is 2.29. The fourth-order valence-corrected chi connectivity index (χ4v) is 2.88. The van der Waals surface area contributed by atoms with Gasteiger partial charge in [0, 0.05) is 14.1 Å². The highest BCUT2D eigenvalue weighted by atomic mass is 16.3. The van der Waals surface area contributed by atoms with Crippen molar-refractivity contribution in [3.05, 3.63) is 27.2 Å². The van der Waals surface area contributed by atoms with Gasteiger partial charge in [-0.2, -0.15) is 0 Å². The summed E-state index contributed by atoms with van der Waals surface area (Å²) in [6, 6.07) is 0. The Bertz CT molecular complexity index is 934. The maximum absolute atomic E-state index is 12.7. The molecule has 0 saturated carbocycles. The molecule has 4 N–H and O–H groups in total. The average molecular weight is 384 g/mol. The third kappa shape index (κ3) is 4.13. The molecule has 0 radical (unpaired) electrons. The standard InChI is InChI=1S/C17H28N4O6/c1-16(2,26)10(22)6-7-17(3,27)11(23)8-21-14(24)12-13(18-9-19(12)4)20(5)15(21)25/h9-11,22-23,26-27H,6-8H2,1-5H3. The smallest absolute Gasteiger partial charge is 0.332 e. The van der Waals surface area contributed by atoms with Crippen LogP contribution in [-0.2, 0) is 20.6 Å². The molecule has 10 heteroatoms. The number of aliphatic hydroxyl groups is 4. The number of aromatic nitrogens is 4. The highest BCUT2D eigenvalue weighted by molar-refractivity contribution is 5.69. The quantitative estimate of drug-likeness (QED) is 0.453. The first-order valence-electron chi connectivity index (χ1n) is 8.69. The van der Waals surface area contributed by atoms with Crippen molar-refractivity contribution < 1.29 is 20.4 Å². The number of aryl methyl sites for hydroxylation is 2. The van der Waals surface area contributed by atoms with Crippen LogP contribution in [0.1, 0.15) is 33.6 Å². The summed E-state index contributed by atoms with van der Waals surface area (Å²) < 4.78 is 3.55. The van der Waals surface area contributed by atoms with Gasteiger partial charge < -0.3 is 25.0 Å². The molecular formula is C17H28N4O6. The van der Waals surface area contributed by atoms with Gasteiger partial charge in [0.1, 0.15) is 6.10 Å². The summed E-state index contributed by atoms with van der Waals surface area (Å²) in [4.78, 5) is 29.2. The van der Waals surface area contributed by atoms with Crippen molar-refractivity contribution in [2.24, 2.45) is 14.1 Å². The van der Waals surface area contributed by atoms with Crippen LogP contribution in [0.25, 0.3) is 11.2 Å². The van der Waals surface area contributed by atoms with E-state index in [2.05, 4.69) is 4.98 Å². The topological polar surface area (TPSA) is 143 Å². The van der Waals surface area contributed by atoms with Crippen molar-refractivity contribution in [2.75, 3.05) is 0 Å². The molecule has 0 aliphatic rings. The first-order valence-corrected chi connectivity index (χ1v) is 8.69. The summed E-state index contributed by atoms with van der Waals surface area (Å²) in [7, 11) is 3.09. The molecule has 10 nitrogen and oxygen atoms in total. The first kappa shape index (κ1) is 21.3. The molecule has 3 unspecified atom stereocenters. The Morgan fingerprint density at radius 1 is 1.11 bits per heavy atom. The maximum Gasteiger partial charge on any atom is 0.332 e. The molecule has 0 bridgehead atoms. The van der Waals surface area contributed by atoms with Crippen LogP contribution in [0.3, 0.4) is 0 Å². The minimum atomic E-state index is -1.68. The van der Waals surface area contributed by atoms with Crippen molar-refractivity contribution >= 4 is 11.2 Å². The van der Waals surface area contributed by atoms with Crippen molar-refractivity contribution in [3.63, 3.8) is 0 Å². The van der Waals surface area contributed by atoms with Crippen LogP contribution in [-0.4, -0.2) is 62.5 Å². The number of hydrogen-bond acceptors (Lipinski definition) is 7. The van der Waals surface area contributed by atoms with E-state index in [9.17, 15) is 30.0 Å². The van der Waals surface area contributed by atoms with Gasteiger partial charge in [0.05, 0.1) is 30.2 Å². The SMILES string of the molecule is Cn1cnc2c1c(=O)n(CC(O)C(C)(O)CCC(O)C(C)(C)O)c(=O)n2C. The number of fused-ring (bicyclic) bond motifs is 1. The second-order valence-corrected chi connectivity index (χ2v) is 7.87. The molecular weight excluding hydrogens is 356 g/mol. The van der Waals surface area contributed by atoms with Crippen molar-refractivity contribution in [1.29, 1.82) is 0 Å². The van der Waals surface area contributed by atoms with Gasteiger partial charge in [0.2, 0.25) is 0 Å². The molecule has 0 fully saturated rings. The largest absolute Gasteiger partial charge is 0.390 e. The molecule has 27 heavy (non-hydrogen) atoms. The molecule has 0 saturated heterocycles.